The number of anilines is 2. The quantitative estimate of drug-likeness (QED) is 0.809. The zero-order valence-corrected chi connectivity index (χ0v) is 13.1. The molecule has 110 valence electrons. The van der Waals surface area contributed by atoms with E-state index >= 15 is 0 Å². The number of thiazole rings is 1. The number of esters is 1. The van der Waals surface area contributed by atoms with Crippen molar-refractivity contribution < 1.29 is 9.53 Å². The third kappa shape index (κ3) is 2.58. The maximum absolute atomic E-state index is 11.7. The zero-order chi connectivity index (χ0) is 15.0. The smallest absolute Gasteiger partial charge is 0.357 e. The van der Waals surface area contributed by atoms with Gasteiger partial charge in [0.1, 0.15) is 0 Å². The molecule has 3 heterocycles. The Labute approximate surface area is 130 Å². The van der Waals surface area contributed by atoms with E-state index in [4.69, 9.17) is 16.3 Å². The second kappa shape index (κ2) is 5.57. The molecule has 8 heteroatoms. The molecule has 6 nitrogen and oxygen atoms in total. The van der Waals surface area contributed by atoms with Crippen molar-refractivity contribution in [3.63, 3.8) is 0 Å². The molecule has 1 atom stereocenters. The number of ether oxygens (including phenoxy) is 1. The van der Waals surface area contributed by atoms with E-state index in [1.807, 2.05) is 11.0 Å². The molecule has 1 aliphatic rings. The third-order valence-electron chi connectivity index (χ3n) is 3.19. The molecule has 0 fully saturated rings. The van der Waals surface area contributed by atoms with Crippen LogP contribution in [0.4, 0.5) is 10.9 Å². The summed E-state index contributed by atoms with van der Waals surface area (Å²) in [5, 5.41) is 10.8. The molecular formula is C13H13ClN4O2S. The molecule has 1 aliphatic heterocycles. The van der Waals surface area contributed by atoms with Crippen molar-refractivity contribution in [2.45, 2.75) is 26.3 Å². The fraction of sp³-hybridized carbons (Fsp3) is 0.385. The lowest BCUT2D eigenvalue weighted by molar-refractivity contribution is 0.0520. The van der Waals surface area contributed by atoms with Crippen LogP contribution in [0.2, 0.25) is 5.15 Å². The fourth-order valence-corrected chi connectivity index (χ4v) is 3.39. The Kier molecular flexibility index (Phi) is 3.77. The molecule has 0 aromatic carbocycles. The van der Waals surface area contributed by atoms with Crippen molar-refractivity contribution in [3.8, 4) is 0 Å². The number of rotatable bonds is 3. The van der Waals surface area contributed by atoms with Gasteiger partial charge in [0, 0.05) is 17.0 Å². The van der Waals surface area contributed by atoms with Crippen molar-refractivity contribution in [2.24, 2.45) is 0 Å². The first-order valence-electron chi connectivity index (χ1n) is 6.54. The second-order valence-corrected chi connectivity index (χ2v) is 5.90. The normalized spacial score (nSPS) is 16.9. The van der Waals surface area contributed by atoms with Gasteiger partial charge in [0.15, 0.2) is 21.8 Å². The Hall–Kier alpha value is -1.73. The summed E-state index contributed by atoms with van der Waals surface area (Å²) in [7, 11) is 0. The van der Waals surface area contributed by atoms with E-state index in [9.17, 15) is 4.79 Å². The van der Waals surface area contributed by atoms with Gasteiger partial charge in [0.25, 0.3) is 0 Å². The van der Waals surface area contributed by atoms with Crippen LogP contribution in [-0.4, -0.2) is 33.8 Å². The minimum Gasteiger partial charge on any atom is -0.461 e. The van der Waals surface area contributed by atoms with Gasteiger partial charge in [-0.3, -0.25) is 4.90 Å². The number of fused-ring (bicyclic) bond motifs is 1. The SMILES string of the molecule is CCOC(=O)c1csc(N2c3nnc(Cl)cc3CC2C)n1. The van der Waals surface area contributed by atoms with Crippen LogP contribution in [-0.2, 0) is 11.2 Å². The van der Waals surface area contributed by atoms with Gasteiger partial charge in [-0.15, -0.1) is 21.5 Å². The summed E-state index contributed by atoms with van der Waals surface area (Å²) in [6.07, 6.45) is 0.818. The molecule has 0 spiro atoms. The van der Waals surface area contributed by atoms with Crippen molar-refractivity contribution in [2.75, 3.05) is 11.5 Å². The largest absolute Gasteiger partial charge is 0.461 e. The molecule has 0 saturated carbocycles. The Morgan fingerprint density at radius 1 is 1.57 bits per heavy atom. The number of nitrogens with zero attached hydrogens (tertiary/aromatic N) is 4. The topological polar surface area (TPSA) is 68.2 Å². The highest BCUT2D eigenvalue weighted by atomic mass is 35.5. The predicted molar refractivity (Wildman–Crippen MR) is 80.4 cm³/mol. The third-order valence-corrected chi connectivity index (χ3v) is 4.21. The van der Waals surface area contributed by atoms with Crippen LogP contribution in [0.3, 0.4) is 0 Å². The molecule has 21 heavy (non-hydrogen) atoms. The van der Waals surface area contributed by atoms with E-state index < -0.39 is 5.97 Å². The first-order valence-corrected chi connectivity index (χ1v) is 7.80. The van der Waals surface area contributed by atoms with Crippen LogP contribution in [0.1, 0.15) is 29.9 Å². The summed E-state index contributed by atoms with van der Waals surface area (Å²) in [5.74, 6) is 0.339. The van der Waals surface area contributed by atoms with E-state index in [0.717, 1.165) is 17.8 Å². The van der Waals surface area contributed by atoms with E-state index in [1.165, 1.54) is 11.3 Å². The first kappa shape index (κ1) is 14.2. The molecule has 0 amide bonds. The summed E-state index contributed by atoms with van der Waals surface area (Å²) >= 11 is 7.26. The average Bonchev–Trinajstić information content (AvgIpc) is 3.02. The number of carbonyl (C=O) groups excluding carboxylic acids is 1. The standard InChI is InChI=1S/C13H13ClN4O2S/c1-3-20-12(19)9-6-21-13(15-9)18-7(2)4-8-5-10(14)16-17-11(8)18/h5-7H,3-4H2,1-2H3. The molecule has 0 aliphatic carbocycles. The Morgan fingerprint density at radius 3 is 3.14 bits per heavy atom. The number of aromatic nitrogens is 3. The summed E-state index contributed by atoms with van der Waals surface area (Å²) in [5.41, 5.74) is 1.36. The average molecular weight is 325 g/mol. The van der Waals surface area contributed by atoms with Gasteiger partial charge in [0.05, 0.1) is 6.61 Å². The number of hydrogen-bond donors (Lipinski definition) is 0. The maximum Gasteiger partial charge on any atom is 0.357 e. The summed E-state index contributed by atoms with van der Waals surface area (Å²) in [4.78, 5) is 18.0. The number of hydrogen-bond acceptors (Lipinski definition) is 7. The van der Waals surface area contributed by atoms with E-state index in [1.54, 1.807) is 12.3 Å². The summed E-state index contributed by atoms with van der Waals surface area (Å²) in [6, 6.07) is 2.01. The summed E-state index contributed by atoms with van der Waals surface area (Å²) in [6.45, 7) is 4.17. The van der Waals surface area contributed by atoms with E-state index in [2.05, 4.69) is 22.1 Å². The minimum atomic E-state index is -0.408. The van der Waals surface area contributed by atoms with Crippen LogP contribution in [0.15, 0.2) is 11.4 Å². The molecule has 0 saturated heterocycles. The van der Waals surface area contributed by atoms with Gasteiger partial charge in [-0.25, -0.2) is 9.78 Å². The van der Waals surface area contributed by atoms with Gasteiger partial charge in [-0.05, 0) is 26.3 Å². The zero-order valence-electron chi connectivity index (χ0n) is 11.5. The van der Waals surface area contributed by atoms with Crippen LogP contribution < -0.4 is 4.90 Å². The maximum atomic E-state index is 11.7. The van der Waals surface area contributed by atoms with Crippen molar-refractivity contribution in [1.29, 1.82) is 0 Å². The second-order valence-electron chi connectivity index (χ2n) is 4.67. The van der Waals surface area contributed by atoms with Crippen LogP contribution in [0.25, 0.3) is 0 Å². The molecule has 3 rings (SSSR count). The highest BCUT2D eigenvalue weighted by Crippen LogP contribution is 2.38. The highest BCUT2D eigenvalue weighted by Gasteiger charge is 2.31. The summed E-state index contributed by atoms with van der Waals surface area (Å²) < 4.78 is 4.96. The lowest BCUT2D eigenvalue weighted by Gasteiger charge is -2.19. The van der Waals surface area contributed by atoms with Crippen LogP contribution in [0.5, 0.6) is 0 Å². The van der Waals surface area contributed by atoms with E-state index in [0.29, 0.717) is 22.6 Å². The predicted octanol–water partition coefficient (Wildman–Crippen LogP) is 2.85. The van der Waals surface area contributed by atoms with Crippen molar-refractivity contribution in [1.82, 2.24) is 15.2 Å². The molecular weight excluding hydrogens is 312 g/mol. The lowest BCUT2D eigenvalue weighted by Crippen LogP contribution is -2.24. The van der Waals surface area contributed by atoms with E-state index in [-0.39, 0.29) is 6.04 Å². The number of carbonyl (C=O) groups is 1. The Bertz CT molecular complexity index is 691. The molecule has 2 aromatic heterocycles. The van der Waals surface area contributed by atoms with Gasteiger partial charge in [-0.1, -0.05) is 11.6 Å². The Balaban J connectivity index is 1.93. The van der Waals surface area contributed by atoms with Crippen molar-refractivity contribution >= 4 is 39.9 Å². The molecule has 1 unspecified atom stereocenters. The molecule has 0 bridgehead atoms. The van der Waals surface area contributed by atoms with Gasteiger partial charge in [0.2, 0.25) is 0 Å². The molecule has 0 N–H and O–H groups in total. The van der Waals surface area contributed by atoms with Gasteiger partial charge >= 0.3 is 5.97 Å². The lowest BCUT2D eigenvalue weighted by atomic mass is 10.2. The molecule has 2 aromatic rings. The highest BCUT2D eigenvalue weighted by molar-refractivity contribution is 7.14. The van der Waals surface area contributed by atoms with Gasteiger partial charge in [-0.2, -0.15) is 0 Å². The van der Waals surface area contributed by atoms with Crippen LogP contribution >= 0.6 is 22.9 Å². The number of halogens is 1. The van der Waals surface area contributed by atoms with Crippen molar-refractivity contribution in [3.05, 3.63) is 27.9 Å². The first-order chi connectivity index (χ1) is 10.1. The minimum absolute atomic E-state index is 0.189. The van der Waals surface area contributed by atoms with Crippen LogP contribution in [0, 0.1) is 0 Å². The fourth-order valence-electron chi connectivity index (χ4n) is 2.32. The Morgan fingerprint density at radius 2 is 2.38 bits per heavy atom. The van der Waals surface area contributed by atoms with Gasteiger partial charge < -0.3 is 4.74 Å². The molecule has 0 radical (unpaired) electrons. The monoisotopic (exact) mass is 324 g/mol.